The molecule has 1 fully saturated rings. The highest BCUT2D eigenvalue weighted by atomic mass is 19.4. The Labute approximate surface area is 214 Å². The molecule has 4 heterocycles. The van der Waals surface area contributed by atoms with E-state index in [9.17, 15) is 18.0 Å². The zero-order valence-corrected chi connectivity index (χ0v) is 20.6. The van der Waals surface area contributed by atoms with E-state index in [1.807, 2.05) is 19.2 Å². The number of pyridine rings is 1. The van der Waals surface area contributed by atoms with Crippen LogP contribution in [0.3, 0.4) is 0 Å². The van der Waals surface area contributed by atoms with Crippen molar-refractivity contribution in [3.8, 4) is 17.3 Å². The van der Waals surface area contributed by atoms with Gasteiger partial charge in [-0.3, -0.25) is 19.0 Å². The quantitative estimate of drug-likeness (QED) is 0.356. The Morgan fingerprint density at radius 3 is 2.55 bits per heavy atom. The number of hydrogen-bond donors (Lipinski definition) is 0. The average Bonchev–Trinajstić information content (AvgIpc) is 3.31. The second-order valence-electron chi connectivity index (χ2n) is 9.45. The van der Waals surface area contributed by atoms with Gasteiger partial charge in [0.05, 0.1) is 41.1 Å². The predicted molar refractivity (Wildman–Crippen MR) is 128 cm³/mol. The van der Waals surface area contributed by atoms with E-state index in [0.29, 0.717) is 23.1 Å². The van der Waals surface area contributed by atoms with Crippen molar-refractivity contribution in [2.24, 2.45) is 14.1 Å². The summed E-state index contributed by atoms with van der Waals surface area (Å²) in [5.74, 6) is -2.53. The first-order valence-electron chi connectivity index (χ1n) is 11.8. The molecule has 1 aromatic carbocycles. The molecule has 12 heteroatoms. The number of nitriles is 1. The van der Waals surface area contributed by atoms with Gasteiger partial charge in [-0.1, -0.05) is 0 Å². The molecular formula is C26H22F4N6O2. The molecule has 38 heavy (non-hydrogen) atoms. The molecule has 3 atom stereocenters. The zero-order chi connectivity index (χ0) is 27.4. The van der Waals surface area contributed by atoms with Gasteiger partial charge in [0.1, 0.15) is 11.3 Å². The van der Waals surface area contributed by atoms with Crippen LogP contribution >= 0.6 is 0 Å². The van der Waals surface area contributed by atoms with Crippen LogP contribution in [0.2, 0.25) is 0 Å². The van der Waals surface area contributed by atoms with Crippen LogP contribution in [0.4, 0.5) is 17.6 Å². The van der Waals surface area contributed by atoms with E-state index < -0.39 is 23.4 Å². The van der Waals surface area contributed by atoms with Crippen molar-refractivity contribution in [1.29, 1.82) is 5.26 Å². The molecule has 1 aliphatic rings. The summed E-state index contributed by atoms with van der Waals surface area (Å²) < 4.78 is 64.5. The number of ether oxygens (including phenoxy) is 1. The van der Waals surface area contributed by atoms with Crippen molar-refractivity contribution >= 4 is 10.9 Å². The van der Waals surface area contributed by atoms with Gasteiger partial charge in [0.25, 0.3) is 5.56 Å². The van der Waals surface area contributed by atoms with Gasteiger partial charge in [-0.15, -0.1) is 0 Å². The van der Waals surface area contributed by atoms with Crippen LogP contribution in [0.1, 0.15) is 54.4 Å². The van der Waals surface area contributed by atoms with Crippen LogP contribution in [-0.4, -0.2) is 30.4 Å². The highest BCUT2D eigenvalue weighted by Gasteiger charge is 2.38. The topological polar surface area (TPSA) is 98.6 Å². The van der Waals surface area contributed by atoms with Crippen LogP contribution in [0, 0.1) is 17.1 Å². The second kappa shape index (κ2) is 9.33. The SMILES string of the molecule is C[C@@H]1C[C@H](c2cc3c(=O)n(C)c(C(F)(F)F)nc3c(-c3ccc(C#N)cc3F)n2)C[C@H](c2cnn(C)c2)O1. The predicted octanol–water partition coefficient (Wildman–Crippen LogP) is 4.78. The number of nitrogens with zero attached hydrogens (tertiary/aromatic N) is 6. The van der Waals surface area contributed by atoms with Gasteiger partial charge in [-0.25, -0.2) is 9.37 Å². The maximum atomic E-state index is 15.1. The summed E-state index contributed by atoms with van der Waals surface area (Å²) in [6.07, 6.45) is -0.906. The summed E-state index contributed by atoms with van der Waals surface area (Å²) >= 11 is 0. The molecule has 0 bridgehead atoms. The lowest BCUT2D eigenvalue weighted by atomic mass is 9.86. The minimum atomic E-state index is -4.92. The maximum Gasteiger partial charge on any atom is 0.449 e. The lowest BCUT2D eigenvalue weighted by Gasteiger charge is -2.33. The van der Waals surface area contributed by atoms with Crippen LogP contribution < -0.4 is 5.56 Å². The summed E-state index contributed by atoms with van der Waals surface area (Å²) in [6, 6.07) is 6.83. The fourth-order valence-electron chi connectivity index (χ4n) is 4.93. The number of alkyl halides is 3. The summed E-state index contributed by atoms with van der Waals surface area (Å²) in [5, 5.41) is 13.2. The first-order chi connectivity index (χ1) is 18.0. The Bertz CT molecular complexity index is 1650. The van der Waals surface area contributed by atoms with Crippen molar-refractivity contribution < 1.29 is 22.3 Å². The standard InChI is InChI=1S/C26H22F4N6O2/c1-13-6-15(8-21(38-13)16-11-32-35(2)12-16)20-9-18-23(34-25(26(28,29)30)36(3)24(18)37)22(33-20)17-5-4-14(10-31)7-19(17)27/h4-5,7,9,11-13,15,21H,6,8H2,1-3H3/t13-,15+,21-/m1/s1. The first-order valence-corrected chi connectivity index (χ1v) is 11.8. The molecule has 0 N–H and O–H groups in total. The van der Waals surface area contributed by atoms with E-state index in [-0.39, 0.29) is 45.8 Å². The monoisotopic (exact) mass is 526 g/mol. The molecule has 1 aliphatic heterocycles. The molecule has 5 rings (SSSR count). The van der Waals surface area contributed by atoms with Crippen molar-refractivity contribution in [2.75, 3.05) is 0 Å². The molecular weight excluding hydrogens is 504 g/mol. The van der Waals surface area contributed by atoms with Crippen LogP contribution in [0.5, 0.6) is 0 Å². The third-order valence-corrected chi connectivity index (χ3v) is 6.72. The van der Waals surface area contributed by atoms with E-state index in [1.165, 1.54) is 18.2 Å². The van der Waals surface area contributed by atoms with Crippen molar-refractivity contribution in [2.45, 2.75) is 44.1 Å². The number of hydrogen-bond acceptors (Lipinski definition) is 6. The number of halogens is 4. The van der Waals surface area contributed by atoms with Gasteiger partial charge in [0.15, 0.2) is 0 Å². The molecule has 196 valence electrons. The smallest absolute Gasteiger partial charge is 0.370 e. The summed E-state index contributed by atoms with van der Waals surface area (Å²) in [5.41, 5.74) is -0.339. The number of fused-ring (bicyclic) bond motifs is 1. The molecule has 3 aromatic heterocycles. The van der Waals surface area contributed by atoms with Gasteiger partial charge in [-0.05, 0) is 44.0 Å². The second-order valence-corrected chi connectivity index (χ2v) is 9.45. The molecule has 1 saturated heterocycles. The lowest BCUT2D eigenvalue weighted by molar-refractivity contribution is -0.147. The Morgan fingerprint density at radius 1 is 1.16 bits per heavy atom. The third kappa shape index (κ3) is 4.54. The summed E-state index contributed by atoms with van der Waals surface area (Å²) in [7, 11) is 2.78. The normalized spacial score (nSPS) is 20.0. The number of benzene rings is 1. The molecule has 0 amide bonds. The minimum Gasteiger partial charge on any atom is -0.370 e. The number of aryl methyl sites for hydroxylation is 1. The van der Waals surface area contributed by atoms with Gasteiger partial charge >= 0.3 is 6.18 Å². The largest absolute Gasteiger partial charge is 0.449 e. The molecule has 0 spiro atoms. The molecule has 8 nitrogen and oxygen atoms in total. The Kier molecular flexibility index (Phi) is 6.27. The van der Waals surface area contributed by atoms with E-state index in [2.05, 4.69) is 15.1 Å². The Balaban J connectivity index is 1.73. The minimum absolute atomic E-state index is 0.0316. The highest BCUT2D eigenvalue weighted by molar-refractivity contribution is 5.91. The summed E-state index contributed by atoms with van der Waals surface area (Å²) in [6.45, 7) is 1.90. The molecule has 4 aromatic rings. The van der Waals surface area contributed by atoms with Gasteiger partial charge in [-0.2, -0.15) is 23.5 Å². The lowest BCUT2D eigenvalue weighted by Crippen LogP contribution is -2.29. The summed E-state index contributed by atoms with van der Waals surface area (Å²) in [4.78, 5) is 21.5. The van der Waals surface area contributed by atoms with Crippen LogP contribution in [0.15, 0.2) is 41.5 Å². The zero-order valence-electron chi connectivity index (χ0n) is 20.6. The molecule has 0 aliphatic carbocycles. The maximum absolute atomic E-state index is 15.1. The van der Waals surface area contributed by atoms with Crippen molar-refractivity contribution in [1.82, 2.24) is 24.3 Å². The Morgan fingerprint density at radius 2 is 1.92 bits per heavy atom. The van der Waals surface area contributed by atoms with E-state index in [0.717, 1.165) is 18.7 Å². The number of aromatic nitrogens is 5. The van der Waals surface area contributed by atoms with E-state index in [1.54, 1.807) is 17.9 Å². The third-order valence-electron chi connectivity index (χ3n) is 6.72. The van der Waals surface area contributed by atoms with Crippen LogP contribution in [0.25, 0.3) is 22.2 Å². The fourth-order valence-corrected chi connectivity index (χ4v) is 4.93. The van der Waals surface area contributed by atoms with E-state index in [4.69, 9.17) is 10.00 Å². The first kappa shape index (κ1) is 25.5. The van der Waals surface area contributed by atoms with Crippen molar-refractivity contribution in [3.63, 3.8) is 0 Å². The number of rotatable bonds is 3. The molecule has 0 unspecified atom stereocenters. The Hall–Kier alpha value is -4.11. The van der Waals surface area contributed by atoms with Crippen LogP contribution in [-0.2, 0) is 25.0 Å². The molecule has 0 saturated carbocycles. The van der Waals surface area contributed by atoms with E-state index >= 15 is 4.39 Å². The van der Waals surface area contributed by atoms with Crippen molar-refractivity contribution in [3.05, 3.63) is 75.5 Å². The van der Waals surface area contributed by atoms with Gasteiger partial charge in [0.2, 0.25) is 5.82 Å². The van der Waals surface area contributed by atoms with Gasteiger partial charge < -0.3 is 4.74 Å². The highest BCUT2D eigenvalue weighted by Crippen LogP contribution is 2.41. The average molecular weight is 526 g/mol. The fraction of sp³-hybridized carbons (Fsp3) is 0.346. The molecule has 0 radical (unpaired) electrons. The van der Waals surface area contributed by atoms with Gasteiger partial charge in [0, 0.05) is 43.0 Å².